The minimum absolute atomic E-state index is 0.323. The lowest BCUT2D eigenvalue weighted by molar-refractivity contribution is -0.398. The van der Waals surface area contributed by atoms with Crippen LogP contribution in [0.3, 0.4) is 0 Å². The van der Waals surface area contributed by atoms with Crippen LogP contribution >= 0.6 is 18.2 Å². The fraction of sp³-hybridized carbons (Fsp3) is 0.455. The topological polar surface area (TPSA) is 35.5 Å². The summed E-state index contributed by atoms with van der Waals surface area (Å²) >= 11 is 5.05. The summed E-state index contributed by atoms with van der Waals surface area (Å²) in [4.78, 5) is 0. The van der Waals surface area contributed by atoms with Crippen molar-refractivity contribution in [2.45, 2.75) is 23.9 Å². The quantitative estimate of drug-likeness (QED) is 0.404. The number of hydrogen-bond acceptors (Lipinski definition) is 3. The fourth-order valence-corrected chi connectivity index (χ4v) is 2.42. The van der Waals surface area contributed by atoms with Gasteiger partial charge in [-0.1, -0.05) is 18.2 Å². The lowest BCUT2D eigenvalue weighted by Crippen LogP contribution is -2.62. The van der Waals surface area contributed by atoms with E-state index in [2.05, 4.69) is 9.05 Å². The third-order valence-corrected chi connectivity index (χ3v) is 3.93. The minimum atomic E-state index is -7.08. The van der Waals surface area contributed by atoms with Gasteiger partial charge in [0.1, 0.15) is 12.4 Å². The van der Waals surface area contributed by atoms with Crippen molar-refractivity contribution in [1.82, 2.24) is 0 Å². The molecule has 0 radical (unpaired) electrons. The number of rotatable bonds is 7. The molecule has 0 fully saturated rings. The van der Waals surface area contributed by atoms with Crippen LogP contribution in [0.15, 0.2) is 30.3 Å². The van der Waals surface area contributed by atoms with Gasteiger partial charge in [-0.15, -0.1) is 0 Å². The van der Waals surface area contributed by atoms with Crippen LogP contribution in [0.25, 0.3) is 0 Å². The van der Waals surface area contributed by atoms with Gasteiger partial charge in [-0.2, -0.15) is 39.5 Å². The summed E-state index contributed by atoms with van der Waals surface area (Å²) in [6, 6.07) is 6.25. The number of hydrogen-bond donors (Lipinski definition) is 0. The lowest BCUT2D eigenvalue weighted by Gasteiger charge is -2.33. The molecule has 0 N–H and O–H groups in total. The van der Waals surface area contributed by atoms with Crippen molar-refractivity contribution in [3.05, 3.63) is 30.3 Å². The fourth-order valence-electron chi connectivity index (χ4n) is 1.29. The lowest BCUT2D eigenvalue weighted by atomic mass is 10.1. The average molecular weight is 425 g/mol. The predicted octanol–water partition coefficient (Wildman–Crippen LogP) is 5.90. The van der Waals surface area contributed by atoms with Crippen LogP contribution in [0.2, 0.25) is 0 Å². The normalized spacial score (nSPS) is 16.4. The molecule has 1 aromatic carbocycles. The van der Waals surface area contributed by atoms with E-state index in [1.165, 1.54) is 18.2 Å². The maximum Gasteiger partial charge on any atom is 0.476 e. The molecule has 0 amide bonds. The molecule has 1 aromatic rings. The first kappa shape index (κ1) is 21.9. The highest BCUT2D eigenvalue weighted by Gasteiger charge is 2.81. The standard InChI is InChI=1S/C11H7ClF9O3P/c12-25(22,24-7-4-2-1-3-5-7)23-6-8(13,14)9(15,16)10(17,18)11(19,20)21/h1-5H,6H2. The van der Waals surface area contributed by atoms with Crippen molar-refractivity contribution in [2.75, 3.05) is 6.61 Å². The van der Waals surface area contributed by atoms with Gasteiger partial charge in [0.2, 0.25) is 0 Å². The van der Waals surface area contributed by atoms with E-state index in [4.69, 9.17) is 11.2 Å². The van der Waals surface area contributed by atoms with Crippen LogP contribution in [0.5, 0.6) is 5.75 Å². The van der Waals surface area contributed by atoms with Crippen molar-refractivity contribution >= 4 is 18.2 Å². The monoisotopic (exact) mass is 424 g/mol. The highest BCUT2D eigenvalue weighted by atomic mass is 35.7. The Morgan fingerprint density at radius 1 is 0.880 bits per heavy atom. The van der Waals surface area contributed by atoms with Crippen LogP contribution in [0.4, 0.5) is 39.5 Å². The molecule has 3 nitrogen and oxygen atoms in total. The molecule has 1 atom stereocenters. The van der Waals surface area contributed by atoms with Crippen molar-refractivity contribution < 1.29 is 53.1 Å². The van der Waals surface area contributed by atoms with E-state index in [1.807, 2.05) is 0 Å². The Morgan fingerprint density at radius 3 is 1.80 bits per heavy atom. The highest BCUT2D eigenvalue weighted by molar-refractivity contribution is 7.81. The Hall–Kier alpha value is -1.13. The van der Waals surface area contributed by atoms with Gasteiger partial charge in [0, 0.05) is 11.2 Å². The number of benzene rings is 1. The zero-order valence-corrected chi connectivity index (χ0v) is 13.2. The molecule has 0 aliphatic heterocycles. The summed E-state index contributed by atoms with van der Waals surface area (Å²) in [6.45, 7) is -7.86. The molecule has 0 aromatic heterocycles. The Morgan fingerprint density at radius 2 is 1.36 bits per heavy atom. The van der Waals surface area contributed by atoms with E-state index >= 15 is 0 Å². The van der Waals surface area contributed by atoms with Gasteiger partial charge in [0.15, 0.2) is 0 Å². The van der Waals surface area contributed by atoms with Gasteiger partial charge in [0.05, 0.1) is 0 Å². The smallest absolute Gasteiger partial charge is 0.413 e. The van der Waals surface area contributed by atoms with E-state index < -0.39 is 37.5 Å². The van der Waals surface area contributed by atoms with Crippen molar-refractivity contribution in [2.24, 2.45) is 0 Å². The zero-order chi connectivity index (χ0) is 19.7. The van der Waals surface area contributed by atoms with E-state index in [1.54, 1.807) is 0 Å². The molecule has 0 aliphatic rings. The first-order valence-electron chi connectivity index (χ1n) is 5.92. The Balaban J connectivity index is 2.91. The van der Waals surface area contributed by atoms with Crippen molar-refractivity contribution in [3.63, 3.8) is 0 Å². The molecule has 1 unspecified atom stereocenters. The third kappa shape index (κ3) is 4.73. The number of alkyl halides is 9. The van der Waals surface area contributed by atoms with Crippen molar-refractivity contribution in [3.8, 4) is 5.75 Å². The first-order chi connectivity index (χ1) is 11.0. The number of halogens is 10. The maximum absolute atomic E-state index is 13.2. The SMILES string of the molecule is O=P(Cl)(OCC(F)(F)C(F)(F)C(F)(F)C(F)(F)F)Oc1ccccc1. The first-order valence-corrected chi connectivity index (χ1v) is 8.37. The third-order valence-electron chi connectivity index (χ3n) is 2.57. The van der Waals surface area contributed by atoms with Crippen LogP contribution in [-0.2, 0) is 9.09 Å². The molecule has 0 saturated heterocycles. The van der Waals surface area contributed by atoms with Gasteiger partial charge < -0.3 is 4.52 Å². The van der Waals surface area contributed by atoms with Crippen molar-refractivity contribution in [1.29, 1.82) is 0 Å². The summed E-state index contributed by atoms with van der Waals surface area (Å²) in [7, 11) is 0. The summed E-state index contributed by atoms with van der Waals surface area (Å²) in [5.41, 5.74) is 0. The summed E-state index contributed by atoms with van der Waals surface area (Å²) in [6.07, 6.45) is -6.97. The van der Waals surface area contributed by atoms with E-state index in [0.29, 0.717) is 0 Å². The Labute approximate surface area is 139 Å². The van der Waals surface area contributed by atoms with Gasteiger partial charge >= 0.3 is 30.9 Å². The molecule has 0 saturated carbocycles. The largest absolute Gasteiger partial charge is 0.476 e. The zero-order valence-electron chi connectivity index (χ0n) is 11.5. The van der Waals surface area contributed by atoms with Crippen LogP contribution < -0.4 is 4.52 Å². The molecular weight excluding hydrogens is 418 g/mol. The van der Waals surface area contributed by atoms with Gasteiger partial charge in [-0.25, -0.2) is 4.57 Å². The second-order valence-electron chi connectivity index (χ2n) is 4.46. The summed E-state index contributed by atoms with van der Waals surface area (Å²) in [5, 5.41) is 0. The van der Waals surface area contributed by atoms with Crippen LogP contribution in [-0.4, -0.2) is 30.6 Å². The molecular formula is C11H7ClF9O3P. The molecule has 0 heterocycles. The molecule has 0 aliphatic carbocycles. The second kappa shape index (κ2) is 6.88. The van der Waals surface area contributed by atoms with Gasteiger partial charge in [0.25, 0.3) is 0 Å². The Kier molecular flexibility index (Phi) is 6.03. The summed E-state index contributed by atoms with van der Waals surface area (Å²) < 4.78 is 133. The predicted molar refractivity (Wildman–Crippen MR) is 67.4 cm³/mol. The Bertz CT molecular complexity index is 635. The van der Waals surface area contributed by atoms with Crippen LogP contribution in [0, 0.1) is 0 Å². The van der Waals surface area contributed by atoms with E-state index in [0.717, 1.165) is 12.1 Å². The minimum Gasteiger partial charge on any atom is -0.413 e. The summed E-state index contributed by atoms with van der Waals surface area (Å²) in [5.74, 6) is -20.4. The van der Waals surface area contributed by atoms with E-state index in [9.17, 15) is 44.1 Å². The molecule has 0 spiro atoms. The molecule has 144 valence electrons. The maximum atomic E-state index is 13.2. The van der Waals surface area contributed by atoms with Crippen LogP contribution in [0.1, 0.15) is 0 Å². The van der Waals surface area contributed by atoms with E-state index in [-0.39, 0.29) is 5.75 Å². The van der Waals surface area contributed by atoms with Gasteiger partial charge in [-0.3, -0.25) is 4.52 Å². The average Bonchev–Trinajstić information content (AvgIpc) is 2.44. The second-order valence-corrected chi connectivity index (χ2v) is 7.00. The highest BCUT2D eigenvalue weighted by Crippen LogP contribution is 2.57. The molecule has 0 bridgehead atoms. The molecule has 14 heteroatoms. The van der Waals surface area contributed by atoms with Gasteiger partial charge in [-0.05, 0) is 12.1 Å². The molecule has 25 heavy (non-hydrogen) atoms. The molecule has 1 rings (SSSR count). The number of para-hydroxylation sites is 1.